The van der Waals surface area contributed by atoms with Gasteiger partial charge in [0, 0.05) is 17.1 Å². The van der Waals surface area contributed by atoms with Crippen molar-refractivity contribution in [3.05, 3.63) is 80.3 Å². The Kier molecular flexibility index (Phi) is 14.4. The second-order valence-corrected chi connectivity index (χ2v) is 10.1. The lowest BCUT2D eigenvalue weighted by atomic mass is 10.3. The number of anilines is 3. The molecule has 0 radical (unpaired) electrons. The molecule has 48 heavy (non-hydrogen) atoms. The van der Waals surface area contributed by atoms with Gasteiger partial charge in [0.2, 0.25) is 18.0 Å². The summed E-state index contributed by atoms with van der Waals surface area (Å²) in [4.78, 5) is 40.1. The number of urea groups is 1. The van der Waals surface area contributed by atoms with Crippen LogP contribution in [0, 0.1) is 13.8 Å². The van der Waals surface area contributed by atoms with E-state index in [1.807, 2.05) is 6.92 Å². The number of nitrogens with one attached hydrogen (secondary N) is 2. The molecular weight excluding hydrogens is 744 g/mol. The maximum absolute atomic E-state index is 12.2. The number of carbonyl (C=O) groups is 1. The van der Waals surface area contributed by atoms with E-state index in [0.717, 1.165) is 36.0 Å². The minimum Gasteiger partial charge on any atom is -0.404 e. The predicted molar refractivity (Wildman–Crippen MR) is 165 cm³/mol. The van der Waals surface area contributed by atoms with Crippen molar-refractivity contribution in [1.29, 1.82) is 0 Å². The molecule has 4 N–H and O–H groups in total. The Morgan fingerprint density at radius 2 is 1.29 bits per heavy atom. The lowest BCUT2D eigenvalue weighted by Gasteiger charge is -2.12. The van der Waals surface area contributed by atoms with Crippen LogP contribution in [0.4, 0.5) is 54.4 Å². The molecule has 4 aromatic rings. The van der Waals surface area contributed by atoms with Crippen LogP contribution in [-0.2, 0) is 4.79 Å². The van der Waals surface area contributed by atoms with E-state index in [0.29, 0.717) is 10.8 Å². The summed E-state index contributed by atoms with van der Waals surface area (Å²) in [5, 5.41) is 4.63. The fourth-order valence-corrected chi connectivity index (χ4v) is 3.92. The topological polar surface area (TPSA) is 167 Å². The van der Waals surface area contributed by atoms with Gasteiger partial charge in [-0.3, -0.25) is 5.32 Å². The maximum Gasteiger partial charge on any atom is 0.573 e. The van der Waals surface area contributed by atoms with Gasteiger partial charge >= 0.3 is 18.8 Å². The first-order valence-electron chi connectivity index (χ1n) is 12.3. The zero-order valence-electron chi connectivity index (χ0n) is 23.8. The first-order valence-corrected chi connectivity index (χ1v) is 13.8. The number of amides is 2. The van der Waals surface area contributed by atoms with Gasteiger partial charge in [-0.25, -0.2) is 29.5 Å². The number of ether oxygens (including phenoxy) is 2. The number of alkyl halides is 6. The van der Waals surface area contributed by atoms with Crippen molar-refractivity contribution >= 4 is 81.8 Å². The monoisotopic (exact) mass is 760 g/mol. The third kappa shape index (κ3) is 15.3. The number of carbonyl (C=O) groups excluding carboxylic acids is 2. The van der Waals surface area contributed by atoms with Gasteiger partial charge in [-0.15, -0.1) is 26.3 Å². The molecule has 0 fully saturated rings. The summed E-state index contributed by atoms with van der Waals surface area (Å²) in [6.07, 6.45) is -8.44. The van der Waals surface area contributed by atoms with E-state index in [1.165, 1.54) is 18.2 Å². The van der Waals surface area contributed by atoms with Gasteiger partial charge in [0.25, 0.3) is 0 Å². The fourth-order valence-electron chi connectivity index (χ4n) is 3.01. The van der Waals surface area contributed by atoms with Gasteiger partial charge in [0.1, 0.15) is 21.8 Å². The number of aryl methyl sites for hydroxylation is 2. The molecular formula is C26H18Cl4F6N8O4. The van der Waals surface area contributed by atoms with Crippen LogP contribution in [0.2, 0.25) is 20.4 Å². The van der Waals surface area contributed by atoms with Gasteiger partial charge in [-0.05, 0) is 62.4 Å². The Bertz CT molecular complexity index is 1720. The molecule has 0 bridgehead atoms. The third-order valence-corrected chi connectivity index (χ3v) is 5.60. The molecule has 0 spiro atoms. The Balaban J connectivity index is 0.000000282. The van der Waals surface area contributed by atoms with Crippen molar-refractivity contribution < 1.29 is 45.4 Å². The molecule has 12 nitrogen and oxygen atoms in total. The molecule has 256 valence electrons. The average molecular weight is 762 g/mol. The molecule has 0 aliphatic carbocycles. The van der Waals surface area contributed by atoms with Crippen LogP contribution in [0.3, 0.4) is 0 Å². The van der Waals surface area contributed by atoms with Crippen LogP contribution in [-0.4, -0.2) is 44.8 Å². The Morgan fingerprint density at radius 3 is 1.75 bits per heavy atom. The van der Waals surface area contributed by atoms with Crippen LogP contribution in [0.1, 0.15) is 11.4 Å². The molecule has 0 saturated heterocycles. The summed E-state index contributed by atoms with van der Waals surface area (Å²) >= 11 is 22.4. The van der Waals surface area contributed by atoms with E-state index in [4.69, 9.17) is 52.1 Å². The smallest absolute Gasteiger partial charge is 0.404 e. The number of aromatic nitrogens is 4. The molecule has 0 unspecified atom stereocenters. The van der Waals surface area contributed by atoms with Gasteiger partial charge in [-0.1, -0.05) is 46.4 Å². The van der Waals surface area contributed by atoms with Crippen molar-refractivity contribution in [3.8, 4) is 11.5 Å². The van der Waals surface area contributed by atoms with Gasteiger partial charge in [0.05, 0.1) is 15.7 Å². The van der Waals surface area contributed by atoms with E-state index in [2.05, 4.69) is 45.0 Å². The summed E-state index contributed by atoms with van der Waals surface area (Å²) in [5.41, 5.74) is 6.83. The van der Waals surface area contributed by atoms with Crippen molar-refractivity contribution in [2.75, 3.05) is 16.4 Å². The number of nitrogens with two attached hydrogens (primary N) is 1. The number of halogens is 10. The number of nitrogen functional groups attached to an aromatic ring is 1. The average Bonchev–Trinajstić information content (AvgIpc) is 2.90. The molecule has 2 aromatic heterocycles. The van der Waals surface area contributed by atoms with Crippen LogP contribution in [0.15, 0.2) is 53.5 Å². The first kappa shape index (κ1) is 39.6. The molecule has 2 aromatic carbocycles. The summed E-state index contributed by atoms with van der Waals surface area (Å²) in [6.45, 7) is 3.47. The number of aliphatic imine (C=N–C) groups is 1. The maximum atomic E-state index is 12.2. The molecule has 0 atom stereocenters. The summed E-state index contributed by atoms with van der Waals surface area (Å²) in [5.74, 6) is -0.932. The van der Waals surface area contributed by atoms with Gasteiger partial charge < -0.3 is 20.5 Å². The summed E-state index contributed by atoms with van der Waals surface area (Å²) in [6, 6.07) is 8.88. The van der Waals surface area contributed by atoms with E-state index in [-0.39, 0.29) is 38.5 Å². The fraction of sp³-hybridized carbons (Fsp3) is 0.154. The molecule has 0 aliphatic rings. The van der Waals surface area contributed by atoms with Gasteiger partial charge in [0.15, 0.2) is 0 Å². The minimum atomic E-state index is -4.86. The minimum absolute atomic E-state index is 0.0272. The molecule has 4 rings (SSSR count). The molecule has 0 aliphatic heterocycles. The van der Waals surface area contributed by atoms with Crippen molar-refractivity contribution in [1.82, 2.24) is 19.9 Å². The van der Waals surface area contributed by atoms with E-state index in [1.54, 1.807) is 13.0 Å². The lowest BCUT2D eigenvalue weighted by molar-refractivity contribution is -0.275. The van der Waals surface area contributed by atoms with Crippen molar-refractivity contribution in [2.45, 2.75) is 26.6 Å². The molecule has 0 saturated carbocycles. The SMILES string of the molecule is Cc1cc(Cl)nc(N)n1.Cc1cc(Cl)nc(NC(=O)Nc2ccc(OC(F)(F)F)c(Cl)c2)n1.O=C=Nc1ccc(OC(F)(F)F)c(Cl)c1. The highest BCUT2D eigenvalue weighted by Crippen LogP contribution is 2.33. The largest absolute Gasteiger partial charge is 0.573 e. The number of hydrogen-bond acceptors (Lipinski definition) is 10. The summed E-state index contributed by atoms with van der Waals surface area (Å²) in [7, 11) is 0. The highest BCUT2D eigenvalue weighted by Gasteiger charge is 2.32. The standard InChI is InChI=1S/C13H9Cl2F3N4O2.C8H3ClF3NO2.C5H6ClN3/c1-6-4-10(15)21-11(19-6)22-12(23)20-7-2-3-9(8(14)5-7)24-13(16,17)18;9-6-3-5(13-4-14)1-2-7(6)15-8(10,11)12;1-3-2-4(6)9-5(7)8-3/h2-5H,1H3,(H2,19,20,21,22,23);1-3H;2H,1H3,(H2,7,8,9). The van der Waals surface area contributed by atoms with Crippen LogP contribution >= 0.6 is 46.4 Å². The van der Waals surface area contributed by atoms with Crippen molar-refractivity contribution in [3.63, 3.8) is 0 Å². The Labute approximate surface area is 286 Å². The highest BCUT2D eigenvalue weighted by molar-refractivity contribution is 6.32. The summed E-state index contributed by atoms with van der Waals surface area (Å²) < 4.78 is 79.2. The second kappa shape index (κ2) is 17.5. The number of benzene rings is 2. The van der Waals surface area contributed by atoms with Crippen molar-refractivity contribution in [2.24, 2.45) is 4.99 Å². The quantitative estimate of drug-likeness (QED) is 0.0779. The Morgan fingerprint density at radius 1 is 0.771 bits per heavy atom. The van der Waals surface area contributed by atoms with E-state index < -0.39 is 30.3 Å². The normalized spacial score (nSPS) is 10.7. The number of rotatable bonds is 5. The van der Waals surface area contributed by atoms with Crippen LogP contribution in [0.5, 0.6) is 11.5 Å². The highest BCUT2D eigenvalue weighted by atomic mass is 35.5. The van der Waals surface area contributed by atoms with Crippen LogP contribution < -0.4 is 25.8 Å². The molecule has 22 heteroatoms. The number of nitrogens with zero attached hydrogens (tertiary/aromatic N) is 5. The van der Waals surface area contributed by atoms with E-state index >= 15 is 0 Å². The zero-order chi connectivity index (χ0) is 36.2. The lowest BCUT2D eigenvalue weighted by Crippen LogP contribution is -2.21. The second-order valence-electron chi connectivity index (χ2n) is 8.48. The Hall–Kier alpha value is -4.61. The van der Waals surface area contributed by atoms with Crippen LogP contribution in [0.25, 0.3) is 0 Å². The molecule has 2 heterocycles. The predicted octanol–water partition coefficient (Wildman–Crippen LogP) is 8.86. The molecule has 2 amide bonds. The number of isocyanates is 1. The number of hydrogen-bond donors (Lipinski definition) is 3. The zero-order valence-corrected chi connectivity index (χ0v) is 26.9. The van der Waals surface area contributed by atoms with Gasteiger partial charge in [-0.2, -0.15) is 4.99 Å². The van der Waals surface area contributed by atoms with E-state index in [9.17, 15) is 35.9 Å². The first-order chi connectivity index (χ1) is 22.2. The third-order valence-electron chi connectivity index (χ3n) is 4.62.